The van der Waals surface area contributed by atoms with Crippen molar-refractivity contribution in [2.75, 3.05) is 12.3 Å². The largest absolute Gasteiger partial charge is 0.398 e. The number of hydrogen-bond acceptors (Lipinski definition) is 4. The Balaban J connectivity index is 1.88. The number of aromatic nitrogens is 1. The highest BCUT2D eigenvalue weighted by molar-refractivity contribution is 5.90. The maximum atomic E-state index is 11.8. The molecule has 0 aliphatic carbocycles. The van der Waals surface area contributed by atoms with Crippen molar-refractivity contribution in [3.63, 3.8) is 0 Å². The molecule has 1 aromatic heterocycles. The highest BCUT2D eigenvalue weighted by atomic mass is 16.2. The van der Waals surface area contributed by atoms with Gasteiger partial charge < -0.3 is 16.4 Å². The zero-order valence-electron chi connectivity index (χ0n) is 10.5. The molecule has 2 heterocycles. The Morgan fingerprint density at radius 1 is 1.37 bits per heavy atom. The first-order chi connectivity index (χ1) is 9.15. The number of fused-ring (bicyclic) bond motifs is 1. The lowest BCUT2D eigenvalue weighted by Gasteiger charge is -2.16. The summed E-state index contributed by atoms with van der Waals surface area (Å²) in [5.41, 5.74) is 14.2. The van der Waals surface area contributed by atoms with E-state index in [1.165, 1.54) is 0 Å². The average molecular weight is 256 g/mol. The monoisotopic (exact) mass is 256 g/mol. The smallest absolute Gasteiger partial charge is 0.239 e. The molecule has 5 nitrogen and oxygen atoms in total. The van der Waals surface area contributed by atoms with Crippen LogP contribution in [0.2, 0.25) is 0 Å². The quantitative estimate of drug-likeness (QED) is 0.835. The number of carbonyl (C=O) groups excluding carboxylic acids is 1. The number of rotatable bonds is 2. The van der Waals surface area contributed by atoms with Crippen LogP contribution in [-0.4, -0.2) is 28.4 Å². The van der Waals surface area contributed by atoms with Gasteiger partial charge in [-0.1, -0.05) is 12.1 Å². The predicted molar refractivity (Wildman–Crippen MR) is 74.2 cm³/mol. The van der Waals surface area contributed by atoms with Crippen molar-refractivity contribution in [1.29, 1.82) is 0 Å². The summed E-state index contributed by atoms with van der Waals surface area (Å²) < 4.78 is 0. The van der Waals surface area contributed by atoms with E-state index < -0.39 is 0 Å². The van der Waals surface area contributed by atoms with Gasteiger partial charge >= 0.3 is 0 Å². The first-order valence-electron chi connectivity index (χ1n) is 6.32. The van der Waals surface area contributed by atoms with E-state index in [1.807, 2.05) is 18.2 Å². The Morgan fingerprint density at radius 3 is 2.95 bits per heavy atom. The lowest BCUT2D eigenvalue weighted by molar-refractivity contribution is -0.129. The van der Waals surface area contributed by atoms with Crippen molar-refractivity contribution in [1.82, 2.24) is 9.88 Å². The molecule has 5 heteroatoms. The van der Waals surface area contributed by atoms with Gasteiger partial charge in [0.15, 0.2) is 0 Å². The van der Waals surface area contributed by atoms with E-state index >= 15 is 0 Å². The van der Waals surface area contributed by atoms with Gasteiger partial charge in [-0.2, -0.15) is 0 Å². The maximum absolute atomic E-state index is 11.8. The summed E-state index contributed by atoms with van der Waals surface area (Å²) in [6.45, 7) is 1.31. The van der Waals surface area contributed by atoms with Crippen molar-refractivity contribution in [2.24, 2.45) is 5.73 Å². The molecular weight excluding hydrogens is 240 g/mol. The van der Waals surface area contributed by atoms with Gasteiger partial charge in [-0.25, -0.2) is 0 Å². The molecule has 1 aromatic carbocycles. The van der Waals surface area contributed by atoms with E-state index in [0.29, 0.717) is 6.54 Å². The van der Waals surface area contributed by atoms with Gasteiger partial charge in [0.25, 0.3) is 0 Å². The van der Waals surface area contributed by atoms with Gasteiger partial charge in [0.05, 0.1) is 11.6 Å². The summed E-state index contributed by atoms with van der Waals surface area (Å²) in [5.74, 6) is 0.0284. The van der Waals surface area contributed by atoms with E-state index in [1.54, 1.807) is 17.2 Å². The summed E-state index contributed by atoms with van der Waals surface area (Å²) in [4.78, 5) is 17.9. The van der Waals surface area contributed by atoms with Crippen LogP contribution >= 0.6 is 0 Å². The first kappa shape index (κ1) is 11.9. The van der Waals surface area contributed by atoms with Crippen LogP contribution in [-0.2, 0) is 11.3 Å². The molecule has 19 heavy (non-hydrogen) atoms. The molecule has 1 unspecified atom stereocenters. The fraction of sp³-hybridized carbons (Fsp3) is 0.286. The van der Waals surface area contributed by atoms with Gasteiger partial charge in [-0.3, -0.25) is 9.78 Å². The molecule has 0 bridgehead atoms. The van der Waals surface area contributed by atoms with Crippen LogP contribution in [0.5, 0.6) is 0 Å². The van der Waals surface area contributed by atoms with E-state index in [4.69, 9.17) is 11.5 Å². The molecule has 1 aliphatic heterocycles. The Hall–Kier alpha value is -2.14. The topological polar surface area (TPSA) is 85.2 Å². The highest BCUT2D eigenvalue weighted by Crippen LogP contribution is 2.21. The van der Waals surface area contributed by atoms with Crippen molar-refractivity contribution in [3.8, 4) is 0 Å². The van der Waals surface area contributed by atoms with Crippen LogP contribution in [0.15, 0.2) is 30.5 Å². The highest BCUT2D eigenvalue weighted by Gasteiger charge is 2.28. The predicted octanol–water partition coefficient (Wildman–Crippen LogP) is 0.877. The number of pyridine rings is 1. The number of hydrogen-bond donors (Lipinski definition) is 2. The fourth-order valence-electron chi connectivity index (χ4n) is 2.45. The first-order valence-corrected chi connectivity index (χ1v) is 6.32. The summed E-state index contributed by atoms with van der Waals surface area (Å²) in [7, 11) is 0. The average Bonchev–Trinajstić information content (AvgIpc) is 2.71. The van der Waals surface area contributed by atoms with E-state index in [-0.39, 0.29) is 11.9 Å². The summed E-state index contributed by atoms with van der Waals surface area (Å²) in [6, 6.07) is 7.35. The number of nitrogens with zero attached hydrogens (tertiary/aromatic N) is 2. The molecule has 1 fully saturated rings. The van der Waals surface area contributed by atoms with Gasteiger partial charge in [-0.05, 0) is 24.1 Å². The molecule has 0 radical (unpaired) electrons. The van der Waals surface area contributed by atoms with Crippen LogP contribution in [0.4, 0.5) is 5.69 Å². The second kappa shape index (κ2) is 4.51. The second-order valence-electron chi connectivity index (χ2n) is 4.91. The minimum absolute atomic E-state index is 0.0284. The molecule has 1 saturated heterocycles. The van der Waals surface area contributed by atoms with Gasteiger partial charge in [0.2, 0.25) is 5.91 Å². The normalized spacial score (nSPS) is 19.3. The van der Waals surface area contributed by atoms with E-state index in [2.05, 4.69) is 4.98 Å². The van der Waals surface area contributed by atoms with Crippen LogP contribution in [0.1, 0.15) is 12.0 Å². The molecule has 1 aliphatic rings. The minimum atomic E-state index is -0.339. The molecule has 1 atom stereocenters. The van der Waals surface area contributed by atoms with Crippen molar-refractivity contribution >= 4 is 22.5 Å². The molecule has 98 valence electrons. The van der Waals surface area contributed by atoms with Crippen LogP contribution in [0, 0.1) is 0 Å². The summed E-state index contributed by atoms with van der Waals surface area (Å²) in [5, 5.41) is 0.940. The van der Waals surface area contributed by atoms with E-state index in [0.717, 1.165) is 35.1 Å². The van der Waals surface area contributed by atoms with Crippen LogP contribution in [0.25, 0.3) is 10.9 Å². The lowest BCUT2D eigenvalue weighted by Crippen LogP contribution is -2.33. The molecular formula is C14H16N4O. The number of likely N-dealkylation sites (tertiary alicyclic amines) is 1. The Morgan fingerprint density at radius 2 is 2.21 bits per heavy atom. The summed E-state index contributed by atoms with van der Waals surface area (Å²) in [6.07, 6.45) is 2.43. The third-order valence-corrected chi connectivity index (χ3v) is 3.55. The second-order valence-corrected chi connectivity index (χ2v) is 4.91. The molecule has 2 aromatic rings. The lowest BCUT2D eigenvalue weighted by atomic mass is 10.1. The number of amides is 1. The van der Waals surface area contributed by atoms with Gasteiger partial charge in [0.1, 0.15) is 0 Å². The van der Waals surface area contributed by atoms with Crippen molar-refractivity contribution in [3.05, 3.63) is 36.0 Å². The third-order valence-electron chi connectivity index (χ3n) is 3.55. The Labute approximate surface area is 111 Å². The number of benzene rings is 1. The van der Waals surface area contributed by atoms with E-state index in [9.17, 15) is 4.79 Å². The molecule has 0 saturated carbocycles. The number of nitrogen functional groups attached to an aromatic ring is 1. The molecule has 0 spiro atoms. The zero-order valence-corrected chi connectivity index (χ0v) is 10.5. The Kier molecular flexibility index (Phi) is 2.83. The third kappa shape index (κ3) is 2.13. The zero-order chi connectivity index (χ0) is 13.4. The maximum Gasteiger partial charge on any atom is 0.239 e. The minimum Gasteiger partial charge on any atom is -0.398 e. The summed E-state index contributed by atoms with van der Waals surface area (Å²) >= 11 is 0. The van der Waals surface area contributed by atoms with Crippen LogP contribution < -0.4 is 11.5 Å². The Bertz CT molecular complexity index is 640. The number of anilines is 1. The number of carbonyl (C=O) groups is 1. The molecule has 4 N–H and O–H groups in total. The van der Waals surface area contributed by atoms with Gasteiger partial charge in [0, 0.05) is 30.4 Å². The molecule has 3 rings (SSSR count). The standard InChI is InChI=1S/C14H16N4O/c15-11-3-5-17-13-7-9(1-2-10(11)13)8-18-6-4-12(16)14(18)19/h1-3,5,7,12H,4,6,8,16H2,(H2,15,17). The SMILES string of the molecule is Nc1ccnc2cc(CN3CCC(N)C3=O)ccc12. The fourth-order valence-corrected chi connectivity index (χ4v) is 2.45. The molecule has 1 amide bonds. The van der Waals surface area contributed by atoms with Gasteiger partial charge in [-0.15, -0.1) is 0 Å². The number of nitrogens with two attached hydrogens (primary N) is 2. The van der Waals surface area contributed by atoms with Crippen molar-refractivity contribution < 1.29 is 4.79 Å². The van der Waals surface area contributed by atoms with Crippen molar-refractivity contribution in [2.45, 2.75) is 19.0 Å². The van der Waals surface area contributed by atoms with Crippen LogP contribution in [0.3, 0.4) is 0 Å².